The number of aryl methyl sites for hydroxylation is 1. The van der Waals surface area contributed by atoms with Crippen molar-refractivity contribution in [3.63, 3.8) is 0 Å². The van der Waals surface area contributed by atoms with Gasteiger partial charge in [0.25, 0.3) is 13.4 Å². The van der Waals surface area contributed by atoms with Crippen molar-refractivity contribution in [2.45, 2.75) is 91.6 Å². The van der Waals surface area contributed by atoms with Gasteiger partial charge in [0, 0.05) is 24.6 Å². The number of esters is 1. The van der Waals surface area contributed by atoms with Crippen molar-refractivity contribution in [3.05, 3.63) is 32.6 Å². The molecular formula is C27H49N4O9P. The molecule has 41 heavy (non-hydrogen) atoms. The first kappa shape index (κ1) is 35.3. The summed E-state index contributed by atoms with van der Waals surface area (Å²) < 4.78 is 29.2. The van der Waals surface area contributed by atoms with Gasteiger partial charge < -0.3 is 33.2 Å². The summed E-state index contributed by atoms with van der Waals surface area (Å²) in [5, 5.41) is 0. The molecule has 2 rings (SSSR count). The van der Waals surface area contributed by atoms with E-state index in [4.69, 9.17) is 14.4 Å². The second kappa shape index (κ2) is 16.7. The van der Waals surface area contributed by atoms with Gasteiger partial charge in [0.05, 0.1) is 32.8 Å². The van der Waals surface area contributed by atoms with Gasteiger partial charge in [-0.25, -0.2) is 4.79 Å². The van der Waals surface area contributed by atoms with Crippen LogP contribution in [0.25, 0.3) is 0 Å². The first-order valence-electron chi connectivity index (χ1n) is 14.8. The zero-order valence-corrected chi connectivity index (χ0v) is 26.1. The van der Waals surface area contributed by atoms with Crippen LogP contribution in [0, 0.1) is 6.92 Å². The Kier molecular flexibility index (Phi) is 14.4. The molecule has 1 aliphatic heterocycles. The maximum atomic E-state index is 12.7. The zero-order chi connectivity index (χ0) is 30.6. The van der Waals surface area contributed by atoms with Crippen molar-refractivity contribution < 1.29 is 37.6 Å². The van der Waals surface area contributed by atoms with Gasteiger partial charge in [-0.1, -0.05) is 13.8 Å². The number of phosphoric acid groups is 1. The predicted octanol–water partition coefficient (Wildman–Crippen LogP) is 1.67. The van der Waals surface area contributed by atoms with E-state index in [2.05, 4.69) is 42.1 Å². The van der Waals surface area contributed by atoms with Crippen molar-refractivity contribution in [1.29, 1.82) is 0 Å². The van der Waals surface area contributed by atoms with Gasteiger partial charge in [0.15, 0.2) is 0 Å². The Morgan fingerprint density at radius 1 is 1.17 bits per heavy atom. The maximum absolute atomic E-state index is 12.7. The molecule has 0 bridgehead atoms. The van der Waals surface area contributed by atoms with Gasteiger partial charge in [0.1, 0.15) is 18.4 Å². The lowest BCUT2D eigenvalue weighted by Crippen LogP contribution is -2.49. The summed E-state index contributed by atoms with van der Waals surface area (Å²) in [6, 6.07) is 0. The van der Waals surface area contributed by atoms with Crippen LogP contribution in [0.3, 0.4) is 0 Å². The van der Waals surface area contributed by atoms with Crippen LogP contribution in [0.5, 0.6) is 0 Å². The molecule has 0 amide bonds. The second-order valence-electron chi connectivity index (χ2n) is 10.7. The summed E-state index contributed by atoms with van der Waals surface area (Å²) in [7, 11) is -5.05. The average molecular weight is 605 g/mol. The number of hydrogen-bond acceptors (Lipinski definition) is 9. The number of carbonyl (C=O) groups is 1. The third-order valence-corrected chi connectivity index (χ3v) is 8.65. The van der Waals surface area contributed by atoms with E-state index < -0.39 is 50.1 Å². The van der Waals surface area contributed by atoms with E-state index >= 15 is 0 Å². The normalized spacial score (nSPS) is 20.8. The first-order chi connectivity index (χ1) is 19.4. The molecule has 0 aromatic carbocycles. The molecule has 1 saturated heterocycles. The Labute approximate surface area is 242 Å². The number of phosphoric ester groups is 1. The third-order valence-electron chi connectivity index (χ3n) is 8.18. The SMILES string of the molecule is CCN(CC)CCCC[N+](CC)(CC)CCCCC(=O)O[C@H]1C[C@H](n2cc(C)c(=O)[nH]c2=O)O[C@@H]1COP(=O)([O-])O. The van der Waals surface area contributed by atoms with Crippen LogP contribution in [-0.2, 0) is 23.4 Å². The van der Waals surface area contributed by atoms with Crippen LogP contribution in [0.4, 0.5) is 0 Å². The van der Waals surface area contributed by atoms with Gasteiger partial charge >= 0.3 is 11.7 Å². The Bertz CT molecular complexity index is 1110. The van der Waals surface area contributed by atoms with Gasteiger partial charge in [-0.05, 0) is 66.1 Å². The van der Waals surface area contributed by atoms with Crippen LogP contribution < -0.4 is 16.1 Å². The van der Waals surface area contributed by atoms with Gasteiger partial charge in [-0.2, -0.15) is 0 Å². The molecule has 4 atom stereocenters. The van der Waals surface area contributed by atoms with Gasteiger partial charge in [0.2, 0.25) is 0 Å². The second-order valence-corrected chi connectivity index (χ2v) is 11.9. The molecule has 0 radical (unpaired) electrons. The van der Waals surface area contributed by atoms with E-state index in [0.717, 1.165) is 67.7 Å². The molecule has 1 aliphatic rings. The molecule has 1 fully saturated rings. The number of nitrogens with one attached hydrogen (secondary N) is 1. The van der Waals surface area contributed by atoms with Crippen molar-refractivity contribution in [2.24, 2.45) is 0 Å². The number of hydrogen-bond donors (Lipinski definition) is 2. The van der Waals surface area contributed by atoms with Crippen LogP contribution in [0.15, 0.2) is 15.8 Å². The molecule has 236 valence electrons. The first-order valence-corrected chi connectivity index (χ1v) is 16.3. The molecule has 13 nitrogen and oxygen atoms in total. The van der Waals surface area contributed by atoms with Crippen molar-refractivity contribution in [3.8, 4) is 0 Å². The number of aromatic amines is 1. The number of nitrogens with zero attached hydrogens (tertiary/aromatic N) is 3. The predicted molar refractivity (Wildman–Crippen MR) is 152 cm³/mol. The summed E-state index contributed by atoms with van der Waals surface area (Å²) >= 11 is 0. The molecule has 1 aromatic heterocycles. The Balaban J connectivity index is 1.92. The molecule has 14 heteroatoms. The highest BCUT2D eigenvalue weighted by Gasteiger charge is 2.40. The fraction of sp³-hybridized carbons (Fsp3) is 0.815. The van der Waals surface area contributed by atoms with Crippen LogP contribution in [0.2, 0.25) is 0 Å². The Hall–Kier alpha value is -1.86. The minimum atomic E-state index is -5.05. The molecule has 2 heterocycles. The third kappa shape index (κ3) is 11.4. The quantitative estimate of drug-likeness (QED) is 0.103. The summed E-state index contributed by atoms with van der Waals surface area (Å²) in [5.74, 6) is -0.464. The van der Waals surface area contributed by atoms with Crippen LogP contribution >= 0.6 is 7.82 Å². The lowest BCUT2D eigenvalue weighted by Gasteiger charge is -2.37. The minimum absolute atomic E-state index is 0.0406. The van der Waals surface area contributed by atoms with Crippen molar-refractivity contribution >= 4 is 13.8 Å². The maximum Gasteiger partial charge on any atom is 0.330 e. The molecule has 2 N–H and O–H groups in total. The molecule has 0 saturated carbocycles. The minimum Gasteiger partial charge on any atom is -0.756 e. The van der Waals surface area contributed by atoms with Gasteiger partial charge in [-0.15, -0.1) is 0 Å². The summed E-state index contributed by atoms with van der Waals surface area (Å²) in [6.45, 7) is 17.1. The summed E-state index contributed by atoms with van der Waals surface area (Å²) in [4.78, 5) is 61.6. The smallest absolute Gasteiger partial charge is 0.330 e. The molecule has 0 aliphatic carbocycles. The number of H-pyrrole nitrogens is 1. The van der Waals surface area contributed by atoms with Crippen LogP contribution in [0.1, 0.15) is 78.0 Å². The van der Waals surface area contributed by atoms with E-state index in [-0.39, 0.29) is 18.4 Å². The molecule has 1 unspecified atom stereocenters. The van der Waals surface area contributed by atoms with E-state index in [9.17, 15) is 23.8 Å². The number of unbranched alkanes of at least 4 members (excludes halogenated alkanes) is 2. The topological polar surface area (TPSA) is 163 Å². The summed E-state index contributed by atoms with van der Waals surface area (Å²) in [5.41, 5.74) is -0.970. The van der Waals surface area contributed by atoms with E-state index in [1.165, 1.54) is 19.5 Å². The lowest BCUT2D eigenvalue weighted by molar-refractivity contribution is -0.925. The van der Waals surface area contributed by atoms with E-state index in [1.54, 1.807) is 0 Å². The fourth-order valence-electron chi connectivity index (χ4n) is 5.35. The average Bonchev–Trinajstić information content (AvgIpc) is 3.32. The Morgan fingerprint density at radius 3 is 2.39 bits per heavy atom. The lowest BCUT2D eigenvalue weighted by atomic mass is 10.1. The highest BCUT2D eigenvalue weighted by Crippen LogP contribution is 2.35. The highest BCUT2D eigenvalue weighted by molar-refractivity contribution is 7.44. The molecular weight excluding hydrogens is 555 g/mol. The number of carbonyl (C=O) groups excluding carboxylic acids is 1. The van der Waals surface area contributed by atoms with E-state index in [0.29, 0.717) is 6.42 Å². The molecule has 1 aromatic rings. The number of ether oxygens (including phenoxy) is 2. The van der Waals surface area contributed by atoms with Crippen molar-refractivity contribution in [2.75, 3.05) is 52.4 Å². The van der Waals surface area contributed by atoms with Gasteiger partial charge in [-0.3, -0.25) is 23.7 Å². The van der Waals surface area contributed by atoms with E-state index in [1.807, 2.05) is 0 Å². The monoisotopic (exact) mass is 604 g/mol. The Morgan fingerprint density at radius 2 is 1.80 bits per heavy atom. The highest BCUT2D eigenvalue weighted by atomic mass is 31.2. The van der Waals surface area contributed by atoms with Crippen LogP contribution in [-0.4, -0.2) is 94.4 Å². The number of quaternary nitrogens is 1. The fourth-order valence-corrected chi connectivity index (χ4v) is 5.68. The summed E-state index contributed by atoms with van der Waals surface area (Å²) in [6.07, 6.45) is 2.50. The molecule has 0 spiro atoms. The van der Waals surface area contributed by atoms with Crippen molar-refractivity contribution in [1.82, 2.24) is 14.5 Å². The number of rotatable bonds is 19. The zero-order valence-electron chi connectivity index (χ0n) is 25.2. The standard InChI is InChI=1S/C27H49N4O9P/c1-6-29(7-2)15-11-13-17-31(8-3,9-4)16-12-10-14-25(32)40-22-18-24(39-23(22)20-38-41(35,36)37)30-19-21(5)26(33)28-27(30)34/h19,22-24H,6-18,20H2,1-5H3,(H2-,28,33,34,35,36,37)/t22-,23+,24+/m0/s1. The largest absolute Gasteiger partial charge is 0.756 e. The number of aromatic nitrogens is 2.